The number of amides is 2. The van der Waals surface area contributed by atoms with Crippen LogP contribution in [0.1, 0.15) is 12.5 Å². The van der Waals surface area contributed by atoms with Crippen LogP contribution in [0.25, 0.3) is 0 Å². The Morgan fingerprint density at radius 1 is 1.23 bits per heavy atom. The molecule has 22 heavy (non-hydrogen) atoms. The van der Waals surface area contributed by atoms with Crippen LogP contribution < -0.4 is 20.1 Å². The second kappa shape index (κ2) is 7.31. The molecule has 116 valence electrons. The summed E-state index contributed by atoms with van der Waals surface area (Å²) in [5.41, 5.74) is 1.67. The van der Waals surface area contributed by atoms with Crippen LogP contribution in [0.15, 0.2) is 36.5 Å². The lowest BCUT2D eigenvalue weighted by Crippen LogP contribution is -2.28. The van der Waals surface area contributed by atoms with Gasteiger partial charge >= 0.3 is 6.03 Å². The molecule has 2 aromatic rings. The van der Waals surface area contributed by atoms with Crippen molar-refractivity contribution >= 4 is 11.7 Å². The van der Waals surface area contributed by atoms with E-state index in [1.807, 2.05) is 32.0 Å². The third-order valence-corrected chi connectivity index (χ3v) is 2.87. The summed E-state index contributed by atoms with van der Waals surface area (Å²) in [6.07, 6.45) is 1.53. The molecular weight excluding hydrogens is 282 g/mol. The molecule has 0 bridgehead atoms. The topological polar surface area (TPSA) is 72.5 Å². The second-order valence-electron chi connectivity index (χ2n) is 4.63. The lowest BCUT2D eigenvalue weighted by atomic mass is 10.2. The molecule has 1 aromatic heterocycles. The van der Waals surface area contributed by atoms with E-state index in [9.17, 15) is 4.79 Å². The van der Waals surface area contributed by atoms with Crippen molar-refractivity contribution in [1.82, 2.24) is 10.3 Å². The molecule has 0 radical (unpaired) electrons. The zero-order valence-electron chi connectivity index (χ0n) is 12.8. The number of rotatable bonds is 5. The van der Waals surface area contributed by atoms with E-state index in [1.165, 1.54) is 6.20 Å². The molecule has 0 saturated heterocycles. The number of nitrogens with zero attached hydrogens (tertiary/aromatic N) is 1. The molecule has 0 aliphatic heterocycles. The Balaban J connectivity index is 2.07. The van der Waals surface area contributed by atoms with Gasteiger partial charge in [0.1, 0.15) is 0 Å². The number of pyridine rings is 1. The zero-order valence-corrected chi connectivity index (χ0v) is 12.8. The molecule has 6 heteroatoms. The predicted molar refractivity (Wildman–Crippen MR) is 84.7 cm³/mol. The summed E-state index contributed by atoms with van der Waals surface area (Å²) in [5.74, 6) is 1.65. The Morgan fingerprint density at radius 2 is 2.05 bits per heavy atom. The monoisotopic (exact) mass is 301 g/mol. The average Bonchev–Trinajstić information content (AvgIpc) is 2.51. The number of hydrogen-bond acceptors (Lipinski definition) is 4. The Labute approximate surface area is 129 Å². The van der Waals surface area contributed by atoms with Crippen molar-refractivity contribution in [3.63, 3.8) is 0 Å². The van der Waals surface area contributed by atoms with Crippen LogP contribution in [-0.4, -0.2) is 24.7 Å². The molecule has 1 heterocycles. The fourth-order valence-corrected chi connectivity index (χ4v) is 1.82. The number of methoxy groups -OCH3 is 1. The molecule has 2 rings (SSSR count). The van der Waals surface area contributed by atoms with Crippen molar-refractivity contribution in [2.45, 2.75) is 13.8 Å². The summed E-state index contributed by atoms with van der Waals surface area (Å²) >= 11 is 0. The van der Waals surface area contributed by atoms with Gasteiger partial charge in [0, 0.05) is 12.6 Å². The lowest BCUT2D eigenvalue weighted by molar-refractivity contribution is 0.252. The van der Waals surface area contributed by atoms with Crippen molar-refractivity contribution in [2.75, 3.05) is 19.0 Å². The number of urea groups is 1. The van der Waals surface area contributed by atoms with Gasteiger partial charge in [0.25, 0.3) is 0 Å². The highest BCUT2D eigenvalue weighted by Gasteiger charge is 2.07. The molecule has 6 nitrogen and oxygen atoms in total. The predicted octanol–water partition coefficient (Wildman–Crippen LogP) is 3.33. The van der Waals surface area contributed by atoms with Crippen LogP contribution in [0, 0.1) is 6.92 Å². The highest BCUT2D eigenvalue weighted by atomic mass is 16.5. The highest BCUT2D eigenvalue weighted by Crippen LogP contribution is 2.31. The summed E-state index contributed by atoms with van der Waals surface area (Å²) in [6.45, 7) is 4.39. The van der Waals surface area contributed by atoms with E-state index in [-0.39, 0.29) is 6.03 Å². The summed E-state index contributed by atoms with van der Waals surface area (Å²) in [4.78, 5) is 15.6. The molecule has 2 N–H and O–H groups in total. The van der Waals surface area contributed by atoms with Gasteiger partial charge in [-0.3, -0.25) is 0 Å². The fourth-order valence-electron chi connectivity index (χ4n) is 1.82. The molecule has 0 aliphatic rings. The normalized spacial score (nSPS) is 9.95. The van der Waals surface area contributed by atoms with Gasteiger partial charge in [0.2, 0.25) is 5.88 Å². The molecule has 0 spiro atoms. The number of aryl methyl sites for hydroxylation is 1. The molecule has 0 saturated carbocycles. The molecule has 2 amide bonds. The number of benzene rings is 1. The van der Waals surface area contributed by atoms with Crippen LogP contribution in [0.5, 0.6) is 17.4 Å². The van der Waals surface area contributed by atoms with Crippen LogP contribution in [0.4, 0.5) is 10.5 Å². The Kier molecular flexibility index (Phi) is 5.19. The van der Waals surface area contributed by atoms with Gasteiger partial charge in [-0.15, -0.1) is 0 Å². The number of ether oxygens (including phenoxy) is 2. The minimum absolute atomic E-state index is 0.266. The van der Waals surface area contributed by atoms with Crippen molar-refractivity contribution < 1.29 is 14.3 Å². The van der Waals surface area contributed by atoms with E-state index in [0.717, 1.165) is 5.56 Å². The molecule has 0 fully saturated rings. The lowest BCUT2D eigenvalue weighted by Gasteiger charge is -2.11. The molecular formula is C16H19N3O3. The van der Waals surface area contributed by atoms with Gasteiger partial charge in [0.05, 0.1) is 19.0 Å². The van der Waals surface area contributed by atoms with Crippen molar-refractivity contribution in [3.8, 4) is 17.4 Å². The first-order valence-electron chi connectivity index (χ1n) is 6.95. The Hall–Kier alpha value is -2.76. The first kappa shape index (κ1) is 15.6. The Bertz CT molecular complexity index is 642. The fraction of sp³-hybridized carbons (Fsp3) is 0.250. The summed E-state index contributed by atoms with van der Waals surface area (Å²) in [5, 5.41) is 5.31. The van der Waals surface area contributed by atoms with Gasteiger partial charge in [-0.1, -0.05) is 6.07 Å². The standard InChI is InChI=1S/C16H19N3O3/c1-4-17-16(20)19-12-6-8-15(18-10-12)22-13-7-5-11(2)9-14(13)21-3/h5-10H,4H2,1-3H3,(H2,17,19,20). The van der Waals surface area contributed by atoms with E-state index in [2.05, 4.69) is 15.6 Å². The zero-order chi connectivity index (χ0) is 15.9. The number of carbonyl (C=O) groups excluding carboxylic acids is 1. The maximum absolute atomic E-state index is 11.4. The van der Waals surface area contributed by atoms with Gasteiger partial charge < -0.3 is 20.1 Å². The minimum atomic E-state index is -0.266. The van der Waals surface area contributed by atoms with Gasteiger partial charge in [-0.2, -0.15) is 0 Å². The average molecular weight is 301 g/mol. The smallest absolute Gasteiger partial charge is 0.319 e. The number of nitrogens with one attached hydrogen (secondary N) is 2. The number of hydrogen-bond donors (Lipinski definition) is 2. The summed E-state index contributed by atoms with van der Waals surface area (Å²) in [6, 6.07) is 8.79. The van der Waals surface area contributed by atoms with Crippen LogP contribution in [-0.2, 0) is 0 Å². The van der Waals surface area contributed by atoms with Crippen molar-refractivity contribution in [3.05, 3.63) is 42.1 Å². The van der Waals surface area contributed by atoms with E-state index < -0.39 is 0 Å². The minimum Gasteiger partial charge on any atom is -0.493 e. The van der Waals surface area contributed by atoms with Gasteiger partial charge in [-0.25, -0.2) is 9.78 Å². The number of anilines is 1. The Morgan fingerprint density at radius 3 is 2.68 bits per heavy atom. The van der Waals surface area contributed by atoms with Crippen molar-refractivity contribution in [2.24, 2.45) is 0 Å². The first-order valence-corrected chi connectivity index (χ1v) is 6.95. The maximum Gasteiger partial charge on any atom is 0.319 e. The SMILES string of the molecule is CCNC(=O)Nc1ccc(Oc2ccc(C)cc2OC)nc1. The number of carbonyl (C=O) groups is 1. The molecule has 1 aromatic carbocycles. The third-order valence-electron chi connectivity index (χ3n) is 2.87. The highest BCUT2D eigenvalue weighted by molar-refractivity contribution is 5.88. The summed E-state index contributed by atoms with van der Waals surface area (Å²) < 4.78 is 11.0. The van der Waals surface area contributed by atoms with Crippen LogP contribution >= 0.6 is 0 Å². The van der Waals surface area contributed by atoms with Gasteiger partial charge in [-0.05, 0) is 37.6 Å². The quantitative estimate of drug-likeness (QED) is 0.888. The summed E-state index contributed by atoms with van der Waals surface area (Å²) in [7, 11) is 1.59. The van der Waals surface area contributed by atoms with E-state index in [4.69, 9.17) is 9.47 Å². The van der Waals surface area contributed by atoms with E-state index >= 15 is 0 Å². The van der Waals surface area contributed by atoms with Gasteiger partial charge in [0.15, 0.2) is 11.5 Å². The third kappa shape index (κ3) is 4.12. The maximum atomic E-state index is 11.4. The van der Waals surface area contributed by atoms with E-state index in [0.29, 0.717) is 29.6 Å². The van der Waals surface area contributed by atoms with Crippen LogP contribution in [0.3, 0.4) is 0 Å². The van der Waals surface area contributed by atoms with Crippen molar-refractivity contribution in [1.29, 1.82) is 0 Å². The number of aromatic nitrogens is 1. The van der Waals surface area contributed by atoms with E-state index in [1.54, 1.807) is 19.2 Å². The largest absolute Gasteiger partial charge is 0.493 e. The molecule has 0 atom stereocenters. The van der Waals surface area contributed by atoms with Crippen LogP contribution in [0.2, 0.25) is 0 Å². The first-order chi connectivity index (χ1) is 10.6. The molecule has 0 aliphatic carbocycles. The second-order valence-corrected chi connectivity index (χ2v) is 4.63. The molecule has 0 unspecified atom stereocenters.